The van der Waals surface area contributed by atoms with E-state index in [1.54, 1.807) is 0 Å². The van der Waals surface area contributed by atoms with Crippen LogP contribution < -0.4 is 0 Å². The van der Waals surface area contributed by atoms with Crippen LogP contribution in [0.2, 0.25) is 0 Å². The van der Waals surface area contributed by atoms with Gasteiger partial charge in [0.2, 0.25) is 0 Å². The van der Waals surface area contributed by atoms with Crippen molar-refractivity contribution < 1.29 is 4.74 Å². The van der Waals surface area contributed by atoms with Crippen molar-refractivity contribution in [2.75, 3.05) is 6.61 Å². The Labute approximate surface area is 104 Å². The molecule has 0 N–H and O–H groups in total. The van der Waals surface area contributed by atoms with Crippen molar-refractivity contribution in [2.24, 2.45) is 0 Å². The normalized spacial score (nSPS) is 23.8. The first-order valence-corrected chi connectivity index (χ1v) is 6.10. The molecule has 0 radical (unpaired) electrons. The standard InChI is InChI=1S/C16H20O/c1-13(2)9-16(10-14(3)11-17-12-16)15-7-5-4-6-8-15/h4-8,11H,1,9-10,12H2,2-3H3/t16-/m1/s1. The van der Waals surface area contributed by atoms with Gasteiger partial charge in [-0.05, 0) is 37.8 Å². The Morgan fingerprint density at radius 2 is 2.06 bits per heavy atom. The predicted molar refractivity (Wildman–Crippen MR) is 71.9 cm³/mol. The van der Waals surface area contributed by atoms with Gasteiger partial charge in [0, 0.05) is 5.41 Å². The summed E-state index contributed by atoms with van der Waals surface area (Å²) in [6.45, 7) is 9.05. The molecule has 1 aromatic rings. The van der Waals surface area contributed by atoms with E-state index >= 15 is 0 Å². The van der Waals surface area contributed by atoms with Crippen molar-refractivity contribution in [1.29, 1.82) is 0 Å². The van der Waals surface area contributed by atoms with E-state index in [0.29, 0.717) is 0 Å². The summed E-state index contributed by atoms with van der Waals surface area (Å²) in [5.41, 5.74) is 3.95. The maximum absolute atomic E-state index is 5.65. The Balaban J connectivity index is 2.37. The SMILES string of the molecule is C=C(C)C[C@]1(c2ccccc2)COC=C(C)C1. The quantitative estimate of drug-likeness (QED) is 0.704. The lowest BCUT2D eigenvalue weighted by molar-refractivity contribution is 0.141. The largest absolute Gasteiger partial charge is 0.500 e. The third kappa shape index (κ3) is 2.60. The average Bonchev–Trinajstić information content (AvgIpc) is 2.29. The van der Waals surface area contributed by atoms with E-state index in [4.69, 9.17) is 4.74 Å². The molecule has 0 aliphatic carbocycles. The lowest BCUT2D eigenvalue weighted by Gasteiger charge is -2.37. The molecule has 1 aliphatic heterocycles. The highest BCUT2D eigenvalue weighted by atomic mass is 16.5. The predicted octanol–water partition coefficient (Wildman–Crippen LogP) is 4.21. The van der Waals surface area contributed by atoms with Crippen LogP contribution in [0.25, 0.3) is 0 Å². The van der Waals surface area contributed by atoms with Gasteiger partial charge in [-0.25, -0.2) is 0 Å². The van der Waals surface area contributed by atoms with E-state index in [2.05, 4.69) is 50.8 Å². The number of hydrogen-bond acceptors (Lipinski definition) is 1. The molecule has 0 fully saturated rings. The molecule has 1 aliphatic rings. The molecule has 0 saturated carbocycles. The lowest BCUT2D eigenvalue weighted by Crippen LogP contribution is -2.34. The highest BCUT2D eigenvalue weighted by Gasteiger charge is 2.35. The third-order valence-electron chi connectivity index (χ3n) is 3.29. The van der Waals surface area contributed by atoms with Crippen LogP contribution in [0.15, 0.2) is 54.3 Å². The number of ether oxygens (including phenoxy) is 1. The van der Waals surface area contributed by atoms with Crippen LogP contribution in [-0.2, 0) is 10.2 Å². The first kappa shape index (κ1) is 12.0. The van der Waals surface area contributed by atoms with E-state index in [1.807, 2.05) is 6.26 Å². The summed E-state index contributed by atoms with van der Waals surface area (Å²) >= 11 is 0. The zero-order chi connectivity index (χ0) is 12.3. The van der Waals surface area contributed by atoms with Gasteiger partial charge in [0.05, 0.1) is 12.9 Å². The summed E-state index contributed by atoms with van der Waals surface area (Å²) in [4.78, 5) is 0. The fourth-order valence-electron chi connectivity index (χ4n) is 2.74. The summed E-state index contributed by atoms with van der Waals surface area (Å²) in [6.07, 6.45) is 3.94. The molecule has 1 aromatic carbocycles. The molecule has 1 heteroatoms. The summed E-state index contributed by atoms with van der Waals surface area (Å²) in [5.74, 6) is 0. The van der Waals surface area contributed by atoms with Gasteiger partial charge in [-0.3, -0.25) is 0 Å². The first-order valence-electron chi connectivity index (χ1n) is 6.10. The molecule has 1 heterocycles. The highest BCUT2D eigenvalue weighted by molar-refractivity contribution is 5.31. The third-order valence-corrected chi connectivity index (χ3v) is 3.29. The van der Waals surface area contributed by atoms with Crippen molar-refractivity contribution in [1.82, 2.24) is 0 Å². The second-order valence-corrected chi connectivity index (χ2v) is 5.23. The van der Waals surface area contributed by atoms with Crippen LogP contribution in [0.5, 0.6) is 0 Å². The molecule has 0 amide bonds. The fourth-order valence-corrected chi connectivity index (χ4v) is 2.74. The maximum atomic E-state index is 5.65. The molecule has 17 heavy (non-hydrogen) atoms. The van der Waals surface area contributed by atoms with Crippen LogP contribution in [0.4, 0.5) is 0 Å². The number of hydrogen-bond donors (Lipinski definition) is 0. The van der Waals surface area contributed by atoms with E-state index in [9.17, 15) is 0 Å². The van der Waals surface area contributed by atoms with Crippen LogP contribution in [0.3, 0.4) is 0 Å². The molecule has 0 saturated heterocycles. The molecule has 1 atom stereocenters. The monoisotopic (exact) mass is 228 g/mol. The molecule has 1 nitrogen and oxygen atoms in total. The zero-order valence-corrected chi connectivity index (χ0v) is 10.7. The van der Waals surface area contributed by atoms with Crippen LogP contribution in [0.1, 0.15) is 32.3 Å². The van der Waals surface area contributed by atoms with Gasteiger partial charge in [0.1, 0.15) is 0 Å². The van der Waals surface area contributed by atoms with Gasteiger partial charge in [0.15, 0.2) is 0 Å². The Kier molecular flexibility index (Phi) is 3.37. The Morgan fingerprint density at radius 1 is 1.35 bits per heavy atom. The van der Waals surface area contributed by atoms with Crippen molar-refractivity contribution in [3.05, 3.63) is 59.9 Å². The molecule has 0 unspecified atom stereocenters. The van der Waals surface area contributed by atoms with Gasteiger partial charge in [-0.2, -0.15) is 0 Å². The summed E-state index contributed by atoms with van der Waals surface area (Å²) in [7, 11) is 0. The van der Waals surface area contributed by atoms with Gasteiger partial charge >= 0.3 is 0 Å². The molecule has 0 bridgehead atoms. The summed E-state index contributed by atoms with van der Waals surface area (Å²) in [6, 6.07) is 10.7. The second-order valence-electron chi connectivity index (χ2n) is 5.23. The minimum Gasteiger partial charge on any atom is -0.500 e. The highest BCUT2D eigenvalue weighted by Crippen LogP contribution is 2.39. The Bertz CT molecular complexity index is 430. The smallest absolute Gasteiger partial charge is 0.0976 e. The fraction of sp³-hybridized carbons (Fsp3) is 0.375. The van der Waals surface area contributed by atoms with Crippen LogP contribution >= 0.6 is 0 Å². The first-order chi connectivity index (χ1) is 8.12. The average molecular weight is 228 g/mol. The van der Waals surface area contributed by atoms with Crippen molar-refractivity contribution in [3.8, 4) is 0 Å². The zero-order valence-electron chi connectivity index (χ0n) is 10.7. The van der Waals surface area contributed by atoms with Gasteiger partial charge in [-0.15, -0.1) is 6.58 Å². The molecule has 0 aromatic heterocycles. The van der Waals surface area contributed by atoms with Crippen LogP contribution in [-0.4, -0.2) is 6.61 Å². The van der Waals surface area contributed by atoms with Gasteiger partial charge in [0.25, 0.3) is 0 Å². The van der Waals surface area contributed by atoms with E-state index < -0.39 is 0 Å². The summed E-state index contributed by atoms with van der Waals surface area (Å²) < 4.78 is 5.65. The lowest BCUT2D eigenvalue weighted by atomic mass is 9.71. The van der Waals surface area contributed by atoms with E-state index in [0.717, 1.165) is 19.4 Å². The van der Waals surface area contributed by atoms with Gasteiger partial charge in [-0.1, -0.05) is 35.9 Å². The van der Waals surface area contributed by atoms with Crippen LogP contribution in [0, 0.1) is 0 Å². The molecular weight excluding hydrogens is 208 g/mol. The molecule has 2 rings (SSSR count). The van der Waals surface area contributed by atoms with Gasteiger partial charge < -0.3 is 4.74 Å². The number of benzene rings is 1. The van der Waals surface area contributed by atoms with Crippen molar-refractivity contribution in [2.45, 2.75) is 32.1 Å². The minimum absolute atomic E-state index is 0.0753. The minimum atomic E-state index is 0.0753. The Hall–Kier alpha value is -1.50. The maximum Gasteiger partial charge on any atom is 0.0976 e. The molecular formula is C16H20O. The summed E-state index contributed by atoms with van der Waals surface area (Å²) in [5, 5.41) is 0. The molecule has 90 valence electrons. The number of allylic oxidation sites excluding steroid dienone is 2. The molecule has 0 spiro atoms. The van der Waals surface area contributed by atoms with E-state index in [-0.39, 0.29) is 5.41 Å². The number of rotatable bonds is 3. The van der Waals surface area contributed by atoms with Crippen molar-refractivity contribution in [3.63, 3.8) is 0 Å². The van der Waals surface area contributed by atoms with E-state index in [1.165, 1.54) is 16.7 Å². The second kappa shape index (κ2) is 4.79. The Morgan fingerprint density at radius 3 is 2.65 bits per heavy atom. The topological polar surface area (TPSA) is 9.23 Å². The van der Waals surface area contributed by atoms with Crippen molar-refractivity contribution >= 4 is 0 Å².